The van der Waals surface area contributed by atoms with Crippen molar-refractivity contribution in [3.63, 3.8) is 0 Å². The van der Waals surface area contributed by atoms with Crippen LogP contribution in [0.5, 0.6) is 17.2 Å². The summed E-state index contributed by atoms with van der Waals surface area (Å²) in [5.41, 5.74) is -0.337. The van der Waals surface area contributed by atoms with Crippen LogP contribution in [0.1, 0.15) is 23.7 Å². The third-order valence-corrected chi connectivity index (χ3v) is 6.09. The normalized spacial score (nSPS) is 19.6. The molecule has 1 saturated carbocycles. The van der Waals surface area contributed by atoms with E-state index in [-0.39, 0.29) is 12.2 Å². The number of ether oxygens (including phenoxy) is 2. The monoisotopic (exact) mass is 453 g/mol. The number of hydrogen-bond donors (Lipinski definition) is 1. The molecule has 3 aromatic carbocycles. The molecule has 0 amide bonds. The average Bonchev–Trinajstić information content (AvgIpc) is 3.36. The zero-order valence-electron chi connectivity index (χ0n) is 16.2. The quantitative estimate of drug-likeness (QED) is 0.376. The number of nitrogens with zero attached hydrogens (tertiary/aromatic N) is 1. The number of hydrogen-bond acceptors (Lipinski definition) is 5. The Morgan fingerprint density at radius 2 is 1.65 bits per heavy atom. The number of nitriles is 1. The van der Waals surface area contributed by atoms with E-state index < -0.39 is 21.8 Å². The van der Waals surface area contributed by atoms with Crippen molar-refractivity contribution in [2.75, 3.05) is 0 Å². The Labute approximate surface area is 189 Å². The Bertz CT molecular complexity index is 1140. The van der Waals surface area contributed by atoms with Gasteiger partial charge in [0.15, 0.2) is 0 Å². The van der Waals surface area contributed by atoms with Crippen LogP contribution in [-0.2, 0) is 14.9 Å². The van der Waals surface area contributed by atoms with Crippen molar-refractivity contribution in [3.8, 4) is 23.3 Å². The summed E-state index contributed by atoms with van der Waals surface area (Å²) in [6.45, 7) is 0. The molecule has 3 aromatic rings. The lowest BCUT2D eigenvalue weighted by Crippen LogP contribution is -2.30. The van der Waals surface area contributed by atoms with Crippen molar-refractivity contribution in [1.29, 1.82) is 5.26 Å². The van der Waals surface area contributed by atoms with Gasteiger partial charge in [0.05, 0.1) is 0 Å². The van der Waals surface area contributed by atoms with Gasteiger partial charge in [-0.1, -0.05) is 65.7 Å². The van der Waals surface area contributed by atoms with E-state index in [1.54, 1.807) is 36.4 Å². The molecule has 0 saturated heterocycles. The van der Waals surface area contributed by atoms with Gasteiger partial charge in [0.1, 0.15) is 33.1 Å². The highest BCUT2D eigenvalue weighted by atomic mass is 35.5. The maximum absolute atomic E-state index is 13.1. The molecule has 1 N–H and O–H groups in total. The third kappa shape index (κ3) is 4.05. The van der Waals surface area contributed by atoms with Crippen LogP contribution in [0.2, 0.25) is 0 Å². The van der Waals surface area contributed by atoms with Crippen molar-refractivity contribution in [1.82, 2.24) is 0 Å². The Kier molecular flexibility index (Phi) is 5.53. The molecule has 0 radical (unpaired) electrons. The lowest BCUT2D eigenvalue weighted by molar-refractivity contribution is -0.150. The van der Waals surface area contributed by atoms with Gasteiger partial charge in [0, 0.05) is 12.0 Å². The first-order valence-corrected chi connectivity index (χ1v) is 10.2. The van der Waals surface area contributed by atoms with Gasteiger partial charge in [-0.3, -0.25) is 4.79 Å². The maximum atomic E-state index is 13.1. The van der Waals surface area contributed by atoms with Gasteiger partial charge in [-0.2, -0.15) is 5.26 Å². The van der Waals surface area contributed by atoms with Crippen LogP contribution < -0.4 is 4.74 Å². The number of carbonyl (C=O) groups is 1. The highest BCUT2D eigenvalue weighted by Crippen LogP contribution is 2.65. The van der Waals surface area contributed by atoms with Gasteiger partial charge in [-0.05, 0) is 42.0 Å². The second-order valence-corrected chi connectivity index (χ2v) is 8.72. The summed E-state index contributed by atoms with van der Waals surface area (Å²) < 4.78 is 9.99. The Morgan fingerprint density at radius 3 is 2.26 bits per heavy atom. The third-order valence-electron chi connectivity index (χ3n) is 5.18. The first-order chi connectivity index (χ1) is 14.9. The number of phenolic OH excluding ortho intramolecular Hbond substituents is 1. The highest BCUT2D eigenvalue weighted by Gasteiger charge is 2.73. The molecule has 4 rings (SSSR count). The molecule has 2 atom stereocenters. The van der Waals surface area contributed by atoms with Gasteiger partial charge in [-0.25, -0.2) is 0 Å². The number of alkyl halides is 2. The lowest BCUT2D eigenvalue weighted by Gasteiger charge is -2.20. The molecule has 0 bridgehead atoms. The summed E-state index contributed by atoms with van der Waals surface area (Å²) >= 11 is 12.6. The maximum Gasteiger partial charge on any atom is 0.321 e. The second kappa shape index (κ2) is 8.14. The van der Waals surface area contributed by atoms with Gasteiger partial charge < -0.3 is 14.6 Å². The molecule has 0 aliphatic heterocycles. The van der Waals surface area contributed by atoms with Crippen molar-refractivity contribution < 1.29 is 19.4 Å². The van der Waals surface area contributed by atoms with Crippen LogP contribution in [0.25, 0.3) is 0 Å². The van der Waals surface area contributed by atoms with E-state index in [0.717, 1.165) is 0 Å². The Balaban J connectivity index is 1.56. The van der Waals surface area contributed by atoms with Gasteiger partial charge in [0.25, 0.3) is 0 Å². The van der Waals surface area contributed by atoms with Crippen LogP contribution in [0.4, 0.5) is 0 Å². The largest absolute Gasteiger partial charge is 0.508 e. The Hall–Kier alpha value is -3.20. The zero-order chi connectivity index (χ0) is 22.1. The Morgan fingerprint density at radius 1 is 1.00 bits per heavy atom. The SMILES string of the molecule is N#C[C@H](OC(=O)[C@]1(c2ccc(O)cc2)CC1(Cl)Cl)c1cccc(Oc2ccccc2)c1. The first kappa shape index (κ1) is 21.0. The standard InChI is InChI=1S/C24H17Cl2NO4/c25-24(26)15-23(24,17-9-11-18(28)12-10-17)22(29)31-21(14-27)16-5-4-8-20(13-16)30-19-6-2-1-3-7-19/h1-13,21,28H,15H2/t21-,23+/m0/s1. The van der Waals surface area contributed by atoms with E-state index in [1.165, 1.54) is 12.1 Å². The van der Waals surface area contributed by atoms with Crippen molar-refractivity contribution >= 4 is 29.2 Å². The molecular formula is C24H17Cl2NO4. The molecule has 7 heteroatoms. The minimum atomic E-state index is -1.36. The molecule has 0 aromatic heterocycles. The van der Waals surface area contributed by atoms with Crippen LogP contribution in [-0.4, -0.2) is 15.4 Å². The fourth-order valence-corrected chi connectivity index (χ4v) is 4.20. The van der Waals surface area contributed by atoms with Crippen molar-refractivity contribution in [2.24, 2.45) is 0 Å². The molecule has 0 heterocycles. The predicted molar refractivity (Wildman–Crippen MR) is 116 cm³/mol. The summed E-state index contributed by atoms with van der Waals surface area (Å²) in [6, 6.07) is 24.0. The van der Waals surface area contributed by atoms with Gasteiger partial charge in [0.2, 0.25) is 6.10 Å². The number of rotatable bonds is 6. The van der Waals surface area contributed by atoms with Gasteiger partial charge >= 0.3 is 5.97 Å². The summed E-state index contributed by atoms with van der Waals surface area (Å²) in [5, 5.41) is 19.2. The molecule has 0 spiro atoms. The van der Waals surface area contributed by atoms with Crippen molar-refractivity contribution in [3.05, 3.63) is 90.0 Å². The molecule has 1 aliphatic rings. The van der Waals surface area contributed by atoms with Crippen molar-refractivity contribution in [2.45, 2.75) is 22.3 Å². The van der Waals surface area contributed by atoms with E-state index in [4.69, 9.17) is 32.7 Å². The second-order valence-electron chi connectivity index (χ2n) is 7.24. The van der Waals surface area contributed by atoms with Crippen LogP contribution >= 0.6 is 23.2 Å². The van der Waals surface area contributed by atoms with Crippen LogP contribution in [0, 0.1) is 11.3 Å². The first-order valence-electron chi connectivity index (χ1n) is 9.47. The zero-order valence-corrected chi connectivity index (χ0v) is 17.7. The highest BCUT2D eigenvalue weighted by molar-refractivity contribution is 6.54. The molecule has 156 valence electrons. The average molecular weight is 454 g/mol. The van der Waals surface area contributed by atoms with Crippen LogP contribution in [0.15, 0.2) is 78.9 Å². The minimum Gasteiger partial charge on any atom is -0.508 e. The molecule has 5 nitrogen and oxygen atoms in total. The smallest absolute Gasteiger partial charge is 0.321 e. The van der Waals surface area contributed by atoms with Crippen LogP contribution in [0.3, 0.4) is 0 Å². The summed E-state index contributed by atoms with van der Waals surface area (Å²) in [7, 11) is 0. The molecule has 31 heavy (non-hydrogen) atoms. The fraction of sp³-hybridized carbons (Fsp3) is 0.167. The number of aromatic hydroxyl groups is 1. The van der Waals surface area contributed by atoms with E-state index >= 15 is 0 Å². The predicted octanol–water partition coefficient (Wildman–Crippen LogP) is 5.81. The number of phenols is 1. The van der Waals surface area contributed by atoms with Gasteiger partial charge in [-0.15, -0.1) is 0 Å². The van der Waals surface area contributed by atoms with E-state index in [0.29, 0.717) is 22.6 Å². The minimum absolute atomic E-state index is 0.0489. The number of esters is 1. The molecule has 1 aliphatic carbocycles. The summed E-state index contributed by atoms with van der Waals surface area (Å²) in [6.07, 6.45) is -1.03. The van der Waals surface area contributed by atoms with E-state index in [1.807, 2.05) is 36.4 Å². The van der Waals surface area contributed by atoms with E-state index in [9.17, 15) is 15.2 Å². The molecule has 0 unspecified atom stereocenters. The fourth-order valence-electron chi connectivity index (χ4n) is 3.43. The molecular weight excluding hydrogens is 437 g/mol. The molecule has 1 fully saturated rings. The number of halogens is 2. The lowest BCUT2D eigenvalue weighted by atomic mass is 9.95. The van der Waals surface area contributed by atoms with E-state index in [2.05, 4.69) is 0 Å². The number of benzene rings is 3. The summed E-state index contributed by atoms with van der Waals surface area (Å²) in [5.74, 6) is 0.490. The topological polar surface area (TPSA) is 79.5 Å². The number of carbonyl (C=O) groups excluding carboxylic acids is 1. The number of para-hydroxylation sites is 1. The summed E-state index contributed by atoms with van der Waals surface area (Å²) in [4.78, 5) is 13.1.